The van der Waals surface area contributed by atoms with Gasteiger partial charge >= 0.3 is 5.97 Å². The van der Waals surface area contributed by atoms with E-state index in [1.807, 2.05) is 12.1 Å². The molecule has 3 nitrogen and oxygen atoms in total. The number of hydrogen-bond donors (Lipinski definition) is 1. The van der Waals surface area contributed by atoms with Crippen LogP contribution < -0.4 is 5.32 Å². The molecule has 18 heavy (non-hydrogen) atoms. The van der Waals surface area contributed by atoms with Crippen molar-refractivity contribution >= 4 is 5.97 Å². The van der Waals surface area contributed by atoms with Gasteiger partial charge in [0.05, 0.1) is 6.61 Å². The van der Waals surface area contributed by atoms with Gasteiger partial charge < -0.3 is 10.1 Å². The molecule has 1 N–H and O–H groups in total. The molecule has 1 heterocycles. The summed E-state index contributed by atoms with van der Waals surface area (Å²) in [5.74, 6) is -0.111. The van der Waals surface area contributed by atoms with Crippen LogP contribution in [0.4, 0.5) is 0 Å². The van der Waals surface area contributed by atoms with E-state index in [9.17, 15) is 4.79 Å². The normalized spacial score (nSPS) is 18.2. The summed E-state index contributed by atoms with van der Waals surface area (Å²) in [6.45, 7) is 3.44. The molecule has 3 heteroatoms. The van der Waals surface area contributed by atoms with Gasteiger partial charge in [-0.3, -0.25) is 4.79 Å². The van der Waals surface area contributed by atoms with E-state index in [1.54, 1.807) is 0 Å². The summed E-state index contributed by atoms with van der Waals surface area (Å²) < 4.78 is 5.30. The Bertz CT molecular complexity index is 403. The fourth-order valence-electron chi connectivity index (χ4n) is 2.25. The number of ether oxygens (including phenoxy) is 1. The maximum Gasteiger partial charge on any atom is 0.323 e. The topological polar surface area (TPSA) is 38.3 Å². The summed E-state index contributed by atoms with van der Waals surface area (Å²) >= 11 is 0. The van der Waals surface area contributed by atoms with Crippen LogP contribution in [-0.2, 0) is 22.5 Å². The molecule has 0 aromatic heterocycles. The minimum atomic E-state index is -0.179. The van der Waals surface area contributed by atoms with E-state index in [0.717, 1.165) is 32.2 Å². The zero-order valence-corrected chi connectivity index (χ0v) is 10.9. The Kier molecular flexibility index (Phi) is 4.76. The maximum atomic E-state index is 11.9. The quantitative estimate of drug-likeness (QED) is 0.641. The molecule has 0 fully saturated rings. The van der Waals surface area contributed by atoms with Gasteiger partial charge in [-0.15, -0.1) is 0 Å². The number of fused-ring (bicyclic) bond motifs is 1. The number of unbranched alkanes of at least 4 members (excludes halogenated alkanes) is 2. The lowest BCUT2D eigenvalue weighted by atomic mass is 9.96. The van der Waals surface area contributed by atoms with Crippen molar-refractivity contribution in [1.82, 2.24) is 5.32 Å². The van der Waals surface area contributed by atoms with Crippen LogP contribution in [0, 0.1) is 0 Å². The molecule has 0 saturated carbocycles. The second kappa shape index (κ2) is 6.55. The Morgan fingerprint density at radius 2 is 2.11 bits per heavy atom. The lowest BCUT2D eigenvalue weighted by molar-refractivity contribution is -0.146. The van der Waals surface area contributed by atoms with Gasteiger partial charge in [-0.2, -0.15) is 0 Å². The van der Waals surface area contributed by atoms with Crippen molar-refractivity contribution in [2.24, 2.45) is 0 Å². The van der Waals surface area contributed by atoms with E-state index in [1.165, 1.54) is 11.1 Å². The number of hydrogen-bond acceptors (Lipinski definition) is 3. The Labute approximate surface area is 109 Å². The van der Waals surface area contributed by atoms with Crippen LogP contribution in [0.3, 0.4) is 0 Å². The van der Waals surface area contributed by atoms with Gasteiger partial charge in [-0.05, 0) is 24.0 Å². The monoisotopic (exact) mass is 247 g/mol. The van der Waals surface area contributed by atoms with Gasteiger partial charge in [0.1, 0.15) is 6.04 Å². The third-order valence-electron chi connectivity index (χ3n) is 3.36. The molecule has 1 atom stereocenters. The van der Waals surface area contributed by atoms with Crippen LogP contribution in [0.2, 0.25) is 0 Å². The first-order chi connectivity index (χ1) is 8.81. The van der Waals surface area contributed by atoms with Crippen LogP contribution >= 0.6 is 0 Å². The molecule has 0 aliphatic carbocycles. The third-order valence-corrected chi connectivity index (χ3v) is 3.36. The van der Waals surface area contributed by atoms with E-state index in [2.05, 4.69) is 24.4 Å². The third kappa shape index (κ3) is 3.33. The van der Waals surface area contributed by atoms with Crippen LogP contribution in [0.25, 0.3) is 0 Å². The standard InChI is InChI=1S/C15H21NO2/c1-2-3-6-9-18-15(17)14-10-12-7-4-5-8-13(12)11-16-14/h4-5,7-8,14,16H,2-3,6,9-11H2,1H3/t14-/m0/s1. The lowest BCUT2D eigenvalue weighted by Crippen LogP contribution is -2.42. The van der Waals surface area contributed by atoms with Crippen molar-refractivity contribution in [3.8, 4) is 0 Å². The highest BCUT2D eigenvalue weighted by atomic mass is 16.5. The second-order valence-corrected chi connectivity index (χ2v) is 4.78. The van der Waals surface area contributed by atoms with Crippen LogP contribution in [-0.4, -0.2) is 18.6 Å². The highest BCUT2D eigenvalue weighted by molar-refractivity contribution is 5.76. The summed E-state index contributed by atoms with van der Waals surface area (Å²) in [5.41, 5.74) is 2.54. The number of rotatable bonds is 5. The van der Waals surface area contributed by atoms with Crippen molar-refractivity contribution in [3.05, 3.63) is 35.4 Å². The van der Waals surface area contributed by atoms with Gasteiger partial charge in [0, 0.05) is 6.54 Å². The van der Waals surface area contributed by atoms with E-state index in [-0.39, 0.29) is 12.0 Å². The first-order valence-electron chi connectivity index (χ1n) is 6.78. The Balaban J connectivity index is 1.83. The molecular weight excluding hydrogens is 226 g/mol. The molecule has 1 aliphatic rings. The van der Waals surface area contributed by atoms with Crippen LogP contribution in [0.1, 0.15) is 37.3 Å². The molecule has 0 saturated heterocycles. The van der Waals surface area contributed by atoms with Crippen molar-refractivity contribution in [2.45, 2.75) is 45.2 Å². The maximum absolute atomic E-state index is 11.9. The molecule has 2 rings (SSSR count). The Morgan fingerprint density at radius 3 is 2.89 bits per heavy atom. The second-order valence-electron chi connectivity index (χ2n) is 4.78. The van der Waals surface area contributed by atoms with E-state index in [4.69, 9.17) is 4.74 Å². The van der Waals surface area contributed by atoms with Crippen molar-refractivity contribution < 1.29 is 9.53 Å². The van der Waals surface area contributed by atoms with Crippen LogP contribution in [0.15, 0.2) is 24.3 Å². The van der Waals surface area contributed by atoms with Crippen molar-refractivity contribution in [2.75, 3.05) is 6.61 Å². The molecule has 0 unspecified atom stereocenters. The predicted octanol–water partition coefficient (Wildman–Crippen LogP) is 2.43. The lowest BCUT2D eigenvalue weighted by Gasteiger charge is -2.24. The average molecular weight is 247 g/mol. The summed E-state index contributed by atoms with van der Waals surface area (Å²) in [5, 5.41) is 3.24. The zero-order chi connectivity index (χ0) is 12.8. The number of carbonyl (C=O) groups is 1. The SMILES string of the molecule is CCCCCOC(=O)[C@@H]1Cc2ccccc2CN1. The smallest absolute Gasteiger partial charge is 0.323 e. The molecule has 0 radical (unpaired) electrons. The highest BCUT2D eigenvalue weighted by Crippen LogP contribution is 2.16. The summed E-state index contributed by atoms with van der Waals surface area (Å²) in [6, 6.07) is 8.07. The van der Waals surface area contributed by atoms with Gasteiger partial charge in [0.2, 0.25) is 0 Å². The predicted molar refractivity (Wildman–Crippen MR) is 71.3 cm³/mol. The zero-order valence-electron chi connectivity index (χ0n) is 10.9. The van der Waals surface area contributed by atoms with E-state index >= 15 is 0 Å². The molecule has 0 bridgehead atoms. The number of nitrogens with one attached hydrogen (secondary N) is 1. The van der Waals surface area contributed by atoms with Gasteiger partial charge in [0.15, 0.2) is 0 Å². The molecular formula is C15H21NO2. The fraction of sp³-hybridized carbons (Fsp3) is 0.533. The molecule has 1 aromatic carbocycles. The van der Waals surface area contributed by atoms with Crippen molar-refractivity contribution in [1.29, 1.82) is 0 Å². The van der Waals surface area contributed by atoms with Gasteiger partial charge in [0.25, 0.3) is 0 Å². The minimum Gasteiger partial charge on any atom is -0.465 e. The number of carbonyl (C=O) groups excluding carboxylic acids is 1. The average Bonchev–Trinajstić information content (AvgIpc) is 2.43. The summed E-state index contributed by atoms with van der Waals surface area (Å²) in [4.78, 5) is 11.9. The highest BCUT2D eigenvalue weighted by Gasteiger charge is 2.24. The van der Waals surface area contributed by atoms with Crippen molar-refractivity contribution in [3.63, 3.8) is 0 Å². The number of benzene rings is 1. The largest absolute Gasteiger partial charge is 0.465 e. The summed E-state index contributed by atoms with van der Waals surface area (Å²) in [7, 11) is 0. The summed E-state index contributed by atoms with van der Waals surface area (Å²) in [6.07, 6.45) is 3.97. The Hall–Kier alpha value is -1.35. The van der Waals surface area contributed by atoms with Gasteiger partial charge in [-0.1, -0.05) is 44.0 Å². The van der Waals surface area contributed by atoms with E-state index < -0.39 is 0 Å². The van der Waals surface area contributed by atoms with Gasteiger partial charge in [-0.25, -0.2) is 0 Å². The molecule has 1 aliphatic heterocycles. The minimum absolute atomic E-state index is 0.111. The molecule has 98 valence electrons. The number of esters is 1. The fourth-order valence-corrected chi connectivity index (χ4v) is 2.25. The molecule has 1 aromatic rings. The van der Waals surface area contributed by atoms with Crippen LogP contribution in [0.5, 0.6) is 0 Å². The Morgan fingerprint density at radius 1 is 1.33 bits per heavy atom. The molecule has 0 amide bonds. The molecule has 0 spiro atoms. The first-order valence-corrected chi connectivity index (χ1v) is 6.78. The first kappa shape index (κ1) is 13.1. The van der Waals surface area contributed by atoms with E-state index in [0.29, 0.717) is 6.61 Å².